The molecule has 0 aliphatic heterocycles. The molecule has 0 bridgehead atoms. The van der Waals surface area contributed by atoms with Crippen LogP contribution >= 0.6 is 0 Å². The fourth-order valence-corrected chi connectivity index (χ4v) is 1.56. The van der Waals surface area contributed by atoms with E-state index in [1.165, 1.54) is 13.2 Å². The number of amides is 1. The highest BCUT2D eigenvalue weighted by Gasteiger charge is 2.19. The minimum atomic E-state index is -0.714. The van der Waals surface area contributed by atoms with Gasteiger partial charge in [0.2, 0.25) is 0 Å². The molecule has 1 aromatic carbocycles. The number of nitrogen functional groups attached to an aromatic ring is 1. The first-order valence-corrected chi connectivity index (χ1v) is 6.41. The topological polar surface area (TPSA) is 90.6 Å². The Hall–Kier alpha value is -2.24. The molecule has 0 spiro atoms. The highest BCUT2D eigenvalue weighted by molar-refractivity contribution is 5.93. The summed E-state index contributed by atoms with van der Waals surface area (Å²) in [6, 6.07) is 4.60. The van der Waals surface area contributed by atoms with E-state index in [2.05, 4.69) is 10.1 Å². The first kappa shape index (κ1) is 15.8. The van der Waals surface area contributed by atoms with Gasteiger partial charge >= 0.3 is 5.97 Å². The van der Waals surface area contributed by atoms with Gasteiger partial charge in [-0.1, -0.05) is 6.92 Å². The number of nitrogens with one attached hydrogen (secondary N) is 1. The Morgan fingerprint density at radius 2 is 2.10 bits per heavy atom. The second kappa shape index (κ2) is 7.37. The Morgan fingerprint density at radius 1 is 1.40 bits per heavy atom. The molecule has 6 heteroatoms. The summed E-state index contributed by atoms with van der Waals surface area (Å²) in [7, 11) is 1.27. The van der Waals surface area contributed by atoms with Crippen LogP contribution in [-0.4, -0.2) is 31.6 Å². The van der Waals surface area contributed by atoms with E-state index in [0.717, 1.165) is 6.42 Å². The van der Waals surface area contributed by atoms with Crippen molar-refractivity contribution in [3.8, 4) is 5.75 Å². The predicted molar refractivity (Wildman–Crippen MR) is 75.6 cm³/mol. The molecule has 1 unspecified atom stereocenters. The zero-order valence-corrected chi connectivity index (χ0v) is 11.9. The van der Waals surface area contributed by atoms with Crippen LogP contribution in [0, 0.1) is 0 Å². The van der Waals surface area contributed by atoms with E-state index in [0.29, 0.717) is 12.2 Å². The minimum Gasteiger partial charge on any atom is -0.480 e. The molecule has 0 aliphatic rings. The van der Waals surface area contributed by atoms with Gasteiger partial charge in [0.15, 0.2) is 6.10 Å². The molecule has 0 heterocycles. The zero-order chi connectivity index (χ0) is 15.1. The summed E-state index contributed by atoms with van der Waals surface area (Å²) in [5.41, 5.74) is 6.25. The van der Waals surface area contributed by atoms with E-state index in [-0.39, 0.29) is 17.2 Å². The van der Waals surface area contributed by atoms with Crippen molar-refractivity contribution in [2.75, 3.05) is 19.4 Å². The van der Waals surface area contributed by atoms with Crippen LogP contribution in [0.1, 0.15) is 30.6 Å². The largest absolute Gasteiger partial charge is 0.480 e. The number of hydrogen-bond donors (Lipinski definition) is 2. The summed E-state index contributed by atoms with van der Waals surface area (Å²) in [5.74, 6) is -0.529. The normalized spacial score (nSPS) is 11.6. The van der Waals surface area contributed by atoms with Crippen LogP contribution in [0.5, 0.6) is 5.75 Å². The molecular formula is C14H20N2O4. The lowest BCUT2D eigenvalue weighted by atomic mass is 10.1. The number of methoxy groups -OCH3 is 1. The molecule has 1 atom stereocenters. The smallest absolute Gasteiger partial charge is 0.341 e. The van der Waals surface area contributed by atoms with Gasteiger partial charge in [0.05, 0.1) is 7.11 Å². The van der Waals surface area contributed by atoms with Crippen molar-refractivity contribution in [3.63, 3.8) is 0 Å². The maximum Gasteiger partial charge on any atom is 0.341 e. The average molecular weight is 280 g/mol. The van der Waals surface area contributed by atoms with Gasteiger partial charge in [-0.25, -0.2) is 4.79 Å². The van der Waals surface area contributed by atoms with E-state index in [1.54, 1.807) is 19.1 Å². The molecule has 110 valence electrons. The van der Waals surface area contributed by atoms with Gasteiger partial charge in [0.25, 0.3) is 5.91 Å². The number of benzene rings is 1. The summed E-state index contributed by atoms with van der Waals surface area (Å²) in [4.78, 5) is 23.4. The molecule has 0 fully saturated rings. The molecule has 1 rings (SSSR count). The van der Waals surface area contributed by atoms with Crippen LogP contribution in [0.2, 0.25) is 0 Å². The van der Waals surface area contributed by atoms with Crippen LogP contribution in [-0.2, 0) is 9.53 Å². The molecule has 0 aromatic heterocycles. The van der Waals surface area contributed by atoms with Gasteiger partial charge in [0, 0.05) is 12.2 Å². The molecule has 6 nitrogen and oxygen atoms in total. The number of carbonyl (C=O) groups excluding carboxylic acids is 2. The molecule has 1 amide bonds. The van der Waals surface area contributed by atoms with Crippen molar-refractivity contribution in [1.82, 2.24) is 5.32 Å². The number of nitrogens with two attached hydrogens (primary N) is 1. The third-order valence-corrected chi connectivity index (χ3v) is 2.63. The molecule has 0 saturated carbocycles. The van der Waals surface area contributed by atoms with E-state index < -0.39 is 12.1 Å². The molecule has 0 radical (unpaired) electrons. The lowest BCUT2D eigenvalue weighted by molar-refractivity contribution is -0.127. The van der Waals surface area contributed by atoms with Crippen LogP contribution in [0.4, 0.5) is 5.69 Å². The Labute approximate surface area is 118 Å². The average Bonchev–Trinajstić information content (AvgIpc) is 2.45. The second-order valence-corrected chi connectivity index (χ2v) is 4.30. The number of hydrogen-bond acceptors (Lipinski definition) is 5. The Balaban J connectivity index is 2.86. The maximum atomic E-state index is 11.7. The number of carbonyl (C=O) groups is 2. The highest BCUT2D eigenvalue weighted by atomic mass is 16.5. The number of rotatable bonds is 6. The first-order chi connectivity index (χ1) is 9.49. The SMILES string of the molecule is CCCNC(=O)C(C)Oc1ccc(N)cc1C(=O)OC. The second-order valence-electron chi connectivity index (χ2n) is 4.30. The Kier molecular flexibility index (Phi) is 5.83. The Morgan fingerprint density at radius 3 is 2.70 bits per heavy atom. The van der Waals surface area contributed by atoms with Gasteiger partial charge in [-0.15, -0.1) is 0 Å². The summed E-state index contributed by atoms with van der Waals surface area (Å²) < 4.78 is 10.2. The van der Waals surface area contributed by atoms with E-state index >= 15 is 0 Å². The van der Waals surface area contributed by atoms with Crippen molar-refractivity contribution in [2.45, 2.75) is 26.4 Å². The molecule has 1 aromatic rings. The molecule has 0 aliphatic carbocycles. The lowest BCUT2D eigenvalue weighted by Gasteiger charge is -2.16. The van der Waals surface area contributed by atoms with Crippen LogP contribution in [0.3, 0.4) is 0 Å². The lowest BCUT2D eigenvalue weighted by Crippen LogP contribution is -2.36. The zero-order valence-electron chi connectivity index (χ0n) is 11.9. The maximum absolute atomic E-state index is 11.7. The number of ether oxygens (including phenoxy) is 2. The fourth-order valence-electron chi connectivity index (χ4n) is 1.56. The van der Waals surface area contributed by atoms with E-state index in [1.807, 2.05) is 6.92 Å². The monoisotopic (exact) mass is 280 g/mol. The standard InChI is InChI=1S/C14H20N2O4/c1-4-7-16-13(17)9(2)20-12-6-5-10(15)8-11(12)14(18)19-3/h5-6,8-9H,4,7,15H2,1-3H3,(H,16,17). The molecule has 20 heavy (non-hydrogen) atoms. The number of esters is 1. The van der Waals surface area contributed by atoms with Gasteiger partial charge in [-0.2, -0.15) is 0 Å². The summed E-state index contributed by atoms with van der Waals surface area (Å²) in [6.45, 7) is 4.15. The molecule has 0 saturated heterocycles. The predicted octanol–water partition coefficient (Wildman–Crippen LogP) is 1.35. The van der Waals surface area contributed by atoms with Gasteiger partial charge in [-0.05, 0) is 31.5 Å². The Bertz CT molecular complexity index is 488. The third kappa shape index (κ3) is 4.15. The molecule has 3 N–H and O–H groups in total. The minimum absolute atomic E-state index is 0.197. The van der Waals surface area contributed by atoms with Crippen molar-refractivity contribution < 1.29 is 19.1 Å². The van der Waals surface area contributed by atoms with Crippen LogP contribution in [0.15, 0.2) is 18.2 Å². The first-order valence-electron chi connectivity index (χ1n) is 6.41. The van der Waals surface area contributed by atoms with Crippen molar-refractivity contribution in [2.24, 2.45) is 0 Å². The number of anilines is 1. The molecular weight excluding hydrogens is 260 g/mol. The van der Waals surface area contributed by atoms with Gasteiger partial charge in [0.1, 0.15) is 11.3 Å². The van der Waals surface area contributed by atoms with Gasteiger partial charge in [-0.3, -0.25) is 4.79 Å². The van der Waals surface area contributed by atoms with Crippen molar-refractivity contribution in [3.05, 3.63) is 23.8 Å². The van der Waals surface area contributed by atoms with Crippen LogP contribution in [0.25, 0.3) is 0 Å². The quantitative estimate of drug-likeness (QED) is 0.606. The van der Waals surface area contributed by atoms with E-state index in [9.17, 15) is 9.59 Å². The van der Waals surface area contributed by atoms with Gasteiger partial charge < -0.3 is 20.5 Å². The summed E-state index contributed by atoms with van der Waals surface area (Å²) >= 11 is 0. The summed E-state index contributed by atoms with van der Waals surface area (Å²) in [6.07, 6.45) is 0.127. The summed E-state index contributed by atoms with van der Waals surface area (Å²) in [5, 5.41) is 2.72. The van der Waals surface area contributed by atoms with Crippen molar-refractivity contribution in [1.29, 1.82) is 0 Å². The van der Waals surface area contributed by atoms with Crippen LogP contribution < -0.4 is 15.8 Å². The highest BCUT2D eigenvalue weighted by Crippen LogP contribution is 2.23. The van der Waals surface area contributed by atoms with E-state index in [4.69, 9.17) is 10.5 Å². The van der Waals surface area contributed by atoms with Crippen molar-refractivity contribution >= 4 is 17.6 Å². The third-order valence-electron chi connectivity index (χ3n) is 2.63. The fraction of sp³-hybridized carbons (Fsp3) is 0.429.